The van der Waals surface area contributed by atoms with Gasteiger partial charge in [-0.15, -0.1) is 0 Å². The number of benzene rings is 1. The number of ether oxygens (including phenoxy) is 1. The lowest BCUT2D eigenvalue weighted by molar-refractivity contribution is -0.386. The molecule has 0 aliphatic carbocycles. The van der Waals surface area contributed by atoms with E-state index >= 15 is 0 Å². The number of hydrogen-bond donors (Lipinski definition) is 2. The number of nitro benzene ring substituents is 1. The highest BCUT2D eigenvalue weighted by Gasteiger charge is 2.25. The molecular formula is C14H19F2N3O4. The minimum Gasteiger partial charge on any atom is -0.444 e. The van der Waals surface area contributed by atoms with Crippen molar-refractivity contribution in [2.75, 3.05) is 13.1 Å². The summed E-state index contributed by atoms with van der Waals surface area (Å²) in [5.41, 5.74) is 4.15. The molecular weight excluding hydrogens is 312 g/mol. The average molecular weight is 331 g/mol. The molecule has 1 unspecified atom stereocenters. The Morgan fingerprint density at radius 3 is 2.43 bits per heavy atom. The molecule has 1 aromatic rings. The second-order valence-electron chi connectivity index (χ2n) is 5.90. The first-order valence-electron chi connectivity index (χ1n) is 6.85. The van der Waals surface area contributed by atoms with Gasteiger partial charge in [0.25, 0.3) is 5.69 Å². The quantitative estimate of drug-likeness (QED) is 0.636. The van der Waals surface area contributed by atoms with Crippen LogP contribution < -0.4 is 11.1 Å². The van der Waals surface area contributed by atoms with E-state index in [4.69, 9.17) is 10.5 Å². The Bertz CT molecular complexity index is 602. The van der Waals surface area contributed by atoms with Gasteiger partial charge in [0.15, 0.2) is 11.6 Å². The summed E-state index contributed by atoms with van der Waals surface area (Å²) in [6.45, 7) is 4.80. The fraction of sp³-hybridized carbons (Fsp3) is 0.500. The molecule has 0 spiro atoms. The first kappa shape index (κ1) is 18.8. The van der Waals surface area contributed by atoms with Crippen LogP contribution in [0.15, 0.2) is 12.1 Å². The van der Waals surface area contributed by atoms with Crippen molar-refractivity contribution in [3.8, 4) is 0 Å². The Morgan fingerprint density at radius 2 is 1.96 bits per heavy atom. The largest absolute Gasteiger partial charge is 0.444 e. The van der Waals surface area contributed by atoms with Crippen molar-refractivity contribution in [3.05, 3.63) is 39.4 Å². The highest BCUT2D eigenvalue weighted by molar-refractivity contribution is 5.67. The van der Waals surface area contributed by atoms with Crippen molar-refractivity contribution in [1.82, 2.24) is 5.32 Å². The number of alkyl carbamates (subject to hydrolysis) is 1. The summed E-state index contributed by atoms with van der Waals surface area (Å²) in [5, 5.41) is 13.4. The fourth-order valence-corrected chi connectivity index (χ4v) is 1.88. The van der Waals surface area contributed by atoms with Crippen LogP contribution >= 0.6 is 0 Å². The molecule has 9 heteroatoms. The summed E-state index contributed by atoms with van der Waals surface area (Å²) in [5.74, 6) is -3.31. The lowest BCUT2D eigenvalue weighted by Crippen LogP contribution is -2.36. The predicted molar refractivity (Wildman–Crippen MR) is 79.0 cm³/mol. The number of carbonyl (C=O) groups is 1. The average Bonchev–Trinajstić information content (AvgIpc) is 2.40. The monoisotopic (exact) mass is 331 g/mol. The molecule has 23 heavy (non-hydrogen) atoms. The van der Waals surface area contributed by atoms with E-state index < -0.39 is 39.9 Å². The molecule has 0 radical (unpaired) electrons. The maximum atomic E-state index is 13.4. The Labute approximate surface area is 131 Å². The van der Waals surface area contributed by atoms with Gasteiger partial charge in [-0.25, -0.2) is 13.6 Å². The van der Waals surface area contributed by atoms with Crippen LogP contribution in [-0.4, -0.2) is 29.7 Å². The van der Waals surface area contributed by atoms with E-state index in [1.54, 1.807) is 20.8 Å². The lowest BCUT2D eigenvalue weighted by atomic mass is 9.97. The van der Waals surface area contributed by atoms with E-state index in [0.717, 1.165) is 6.07 Å². The number of nitrogens with two attached hydrogens (primary N) is 1. The van der Waals surface area contributed by atoms with Crippen LogP contribution in [0.2, 0.25) is 0 Å². The van der Waals surface area contributed by atoms with Gasteiger partial charge in [-0.05, 0) is 26.8 Å². The molecule has 0 heterocycles. The summed E-state index contributed by atoms with van der Waals surface area (Å²) in [7, 11) is 0. The summed E-state index contributed by atoms with van der Waals surface area (Å²) in [6.07, 6.45) is -0.735. The van der Waals surface area contributed by atoms with E-state index in [-0.39, 0.29) is 18.7 Å². The third-order valence-electron chi connectivity index (χ3n) is 2.88. The summed E-state index contributed by atoms with van der Waals surface area (Å²) in [4.78, 5) is 21.8. The number of hydrogen-bond acceptors (Lipinski definition) is 5. The second-order valence-corrected chi connectivity index (χ2v) is 5.90. The third kappa shape index (κ3) is 5.44. The van der Waals surface area contributed by atoms with Crippen molar-refractivity contribution in [3.63, 3.8) is 0 Å². The second kappa shape index (κ2) is 7.32. The molecule has 1 rings (SSSR count). The molecule has 1 amide bonds. The number of halogens is 2. The highest BCUT2D eigenvalue weighted by Crippen LogP contribution is 2.28. The first-order chi connectivity index (χ1) is 10.5. The van der Waals surface area contributed by atoms with E-state index in [1.807, 2.05) is 0 Å². The van der Waals surface area contributed by atoms with Crippen LogP contribution in [0.5, 0.6) is 0 Å². The van der Waals surface area contributed by atoms with Gasteiger partial charge >= 0.3 is 6.09 Å². The smallest absolute Gasteiger partial charge is 0.407 e. The Hall–Kier alpha value is -2.29. The standard InChI is InChI=1S/C14H19F2N3O4/c1-14(2,3)23-13(20)18-7-8(6-17)9-4-10(15)11(16)5-12(9)19(21)22/h4-5,8H,6-7,17H2,1-3H3,(H,18,20). The van der Waals surface area contributed by atoms with Gasteiger partial charge in [0.1, 0.15) is 5.60 Å². The highest BCUT2D eigenvalue weighted by atomic mass is 19.2. The van der Waals surface area contributed by atoms with E-state index in [9.17, 15) is 23.7 Å². The molecule has 0 fully saturated rings. The first-order valence-corrected chi connectivity index (χ1v) is 6.85. The van der Waals surface area contributed by atoms with Crippen LogP contribution in [0.25, 0.3) is 0 Å². The fourth-order valence-electron chi connectivity index (χ4n) is 1.88. The van der Waals surface area contributed by atoms with Gasteiger partial charge in [-0.3, -0.25) is 10.1 Å². The molecule has 7 nitrogen and oxygen atoms in total. The maximum Gasteiger partial charge on any atom is 0.407 e. The van der Waals surface area contributed by atoms with Crippen LogP contribution in [0.4, 0.5) is 19.3 Å². The van der Waals surface area contributed by atoms with E-state index in [2.05, 4.69) is 5.32 Å². The summed E-state index contributed by atoms with van der Waals surface area (Å²) >= 11 is 0. The number of nitrogens with one attached hydrogen (secondary N) is 1. The van der Waals surface area contributed by atoms with Crippen molar-refractivity contribution in [2.45, 2.75) is 32.3 Å². The Balaban J connectivity index is 2.96. The number of nitro groups is 1. The van der Waals surface area contributed by atoms with Gasteiger partial charge < -0.3 is 15.8 Å². The molecule has 0 aromatic heterocycles. The van der Waals surface area contributed by atoms with E-state index in [1.165, 1.54) is 0 Å². The number of carbonyl (C=O) groups excluding carboxylic acids is 1. The van der Waals surface area contributed by atoms with Gasteiger partial charge in [-0.1, -0.05) is 0 Å². The molecule has 0 aliphatic heterocycles. The SMILES string of the molecule is CC(C)(C)OC(=O)NCC(CN)c1cc(F)c(F)cc1[N+](=O)[O-]. The molecule has 0 saturated carbocycles. The van der Waals surface area contributed by atoms with Gasteiger partial charge in [-0.2, -0.15) is 0 Å². The van der Waals surface area contributed by atoms with Crippen molar-refractivity contribution in [1.29, 1.82) is 0 Å². The van der Waals surface area contributed by atoms with Crippen LogP contribution in [0.3, 0.4) is 0 Å². The number of nitrogens with zero attached hydrogens (tertiary/aromatic N) is 1. The molecule has 0 aliphatic rings. The molecule has 0 saturated heterocycles. The Kier molecular flexibility index (Phi) is 5.97. The normalized spacial score (nSPS) is 12.6. The molecule has 128 valence electrons. The zero-order valence-electron chi connectivity index (χ0n) is 13.1. The number of amides is 1. The van der Waals surface area contributed by atoms with Crippen molar-refractivity contribution < 1.29 is 23.2 Å². The summed E-state index contributed by atoms with van der Waals surface area (Å²) in [6, 6.07) is 1.22. The van der Waals surface area contributed by atoms with Crippen molar-refractivity contribution in [2.24, 2.45) is 5.73 Å². The van der Waals surface area contributed by atoms with E-state index in [0.29, 0.717) is 6.07 Å². The zero-order valence-corrected chi connectivity index (χ0v) is 13.1. The topological polar surface area (TPSA) is 107 Å². The summed E-state index contributed by atoms with van der Waals surface area (Å²) < 4.78 is 31.6. The van der Waals surface area contributed by atoms with Crippen LogP contribution in [-0.2, 0) is 4.74 Å². The minimum absolute atomic E-state index is 0.0903. The van der Waals surface area contributed by atoms with Gasteiger partial charge in [0.2, 0.25) is 0 Å². The molecule has 3 N–H and O–H groups in total. The third-order valence-corrected chi connectivity index (χ3v) is 2.88. The minimum atomic E-state index is -1.32. The molecule has 0 bridgehead atoms. The predicted octanol–water partition coefficient (Wildman–Crippen LogP) is 2.44. The van der Waals surface area contributed by atoms with Crippen LogP contribution in [0, 0.1) is 21.7 Å². The zero-order chi connectivity index (χ0) is 17.8. The van der Waals surface area contributed by atoms with Crippen LogP contribution in [0.1, 0.15) is 32.3 Å². The lowest BCUT2D eigenvalue weighted by Gasteiger charge is -2.21. The Morgan fingerprint density at radius 1 is 1.39 bits per heavy atom. The maximum absolute atomic E-state index is 13.4. The van der Waals surface area contributed by atoms with Gasteiger partial charge in [0.05, 0.1) is 11.0 Å². The van der Waals surface area contributed by atoms with Gasteiger partial charge in [0, 0.05) is 24.6 Å². The molecule has 1 aromatic carbocycles. The van der Waals surface area contributed by atoms with Crippen molar-refractivity contribution >= 4 is 11.8 Å². The number of rotatable bonds is 5. The molecule has 1 atom stereocenters.